The normalized spacial score (nSPS) is 28.1. The number of carbonyl (C=O) groups is 1. The lowest BCUT2D eigenvalue weighted by Gasteiger charge is -2.47. The summed E-state index contributed by atoms with van der Waals surface area (Å²) < 4.78 is 57.6. The number of ether oxygens (including phenoxy) is 1. The zero-order chi connectivity index (χ0) is 30.5. The minimum Gasteiger partial charge on any atom is -0.434 e. The first-order chi connectivity index (χ1) is 20.3. The molecular weight excluding hydrogens is 518 g/mol. The van der Waals surface area contributed by atoms with E-state index in [9.17, 15) is 18.8 Å². The Bertz CT molecular complexity index is 1840. The van der Waals surface area contributed by atoms with Crippen LogP contribution in [-0.4, -0.2) is 54.5 Å². The average Bonchev–Trinajstić information content (AvgIpc) is 3.43. The largest absolute Gasteiger partial charge is 0.434 e. The fraction of sp³-hybridized carbons (Fsp3) is 0.357. The van der Waals surface area contributed by atoms with Crippen LogP contribution >= 0.6 is 0 Å². The number of alkyl halides is 2. The van der Waals surface area contributed by atoms with Crippen LogP contribution in [0.5, 0.6) is 5.75 Å². The van der Waals surface area contributed by atoms with E-state index in [0.29, 0.717) is 46.8 Å². The van der Waals surface area contributed by atoms with Crippen LogP contribution in [-0.2, 0) is 5.41 Å². The summed E-state index contributed by atoms with van der Waals surface area (Å²) in [6.07, 6.45) is 5.78. The molecule has 10 nitrogen and oxygen atoms in total. The molecule has 2 atom stereocenters. The van der Waals surface area contributed by atoms with E-state index in [1.165, 1.54) is 22.7 Å². The first-order valence-electron chi connectivity index (χ1n) is 14.2. The third kappa shape index (κ3) is 3.43. The van der Waals surface area contributed by atoms with Crippen LogP contribution < -0.4 is 10.5 Å². The number of nitriles is 1. The van der Waals surface area contributed by atoms with Crippen molar-refractivity contribution in [2.75, 3.05) is 6.98 Å². The molecule has 4 heterocycles. The number of aromatic nitrogens is 5. The van der Waals surface area contributed by atoms with Gasteiger partial charge in [-0.05, 0) is 44.4 Å². The van der Waals surface area contributed by atoms with Crippen molar-refractivity contribution in [3.63, 3.8) is 0 Å². The summed E-state index contributed by atoms with van der Waals surface area (Å²) >= 11 is 0. The monoisotopic (exact) mass is 545 g/mol. The molecule has 2 aliphatic carbocycles. The van der Waals surface area contributed by atoms with E-state index in [4.69, 9.17) is 19.6 Å². The van der Waals surface area contributed by atoms with Gasteiger partial charge in [0.1, 0.15) is 17.0 Å². The second-order valence-electron chi connectivity index (χ2n) is 11.0. The molecule has 7 rings (SSSR count). The van der Waals surface area contributed by atoms with Crippen LogP contribution in [0.4, 0.5) is 8.78 Å². The first-order valence-corrected chi connectivity index (χ1v) is 12.7. The molecule has 0 spiro atoms. The van der Waals surface area contributed by atoms with Gasteiger partial charge in [-0.2, -0.15) is 19.1 Å². The van der Waals surface area contributed by atoms with Crippen molar-refractivity contribution in [1.29, 1.82) is 5.26 Å². The van der Waals surface area contributed by atoms with Crippen molar-refractivity contribution in [1.82, 2.24) is 29.5 Å². The topological polar surface area (TPSA) is 135 Å². The molecule has 0 radical (unpaired) electrons. The highest BCUT2D eigenvalue weighted by atomic mass is 19.3. The fourth-order valence-electron chi connectivity index (χ4n) is 6.53. The van der Waals surface area contributed by atoms with Gasteiger partial charge in [-0.25, -0.2) is 19.5 Å². The summed E-state index contributed by atoms with van der Waals surface area (Å²) in [5.74, 6) is -1.33. The Kier molecular flexibility index (Phi) is 4.40. The van der Waals surface area contributed by atoms with Gasteiger partial charge in [-0.15, -0.1) is 0 Å². The Morgan fingerprint density at radius 2 is 2.02 bits per heavy atom. The smallest absolute Gasteiger partial charge is 0.387 e. The Hall–Kier alpha value is -4.50. The number of carbonyl (C=O) groups excluding carboxylic acids is 1. The van der Waals surface area contributed by atoms with Crippen molar-refractivity contribution in [2.24, 2.45) is 5.73 Å². The van der Waals surface area contributed by atoms with E-state index in [1.54, 1.807) is 24.7 Å². The molecule has 12 heteroatoms. The van der Waals surface area contributed by atoms with Crippen LogP contribution in [0.25, 0.3) is 16.9 Å². The van der Waals surface area contributed by atoms with E-state index >= 15 is 0 Å². The minimum absolute atomic E-state index is 0.0251. The van der Waals surface area contributed by atoms with Crippen molar-refractivity contribution in [3.8, 4) is 23.1 Å². The number of amides is 1. The van der Waals surface area contributed by atoms with Crippen molar-refractivity contribution < 1.29 is 22.4 Å². The van der Waals surface area contributed by atoms with Gasteiger partial charge in [-0.3, -0.25) is 4.79 Å². The standard InChI is InChI=1S/C28H24F2N8O2/c1-27(32)11-28(12-27,13-31)25-33-9-14(10-34-25)17-6-7-38-23(35-17)21-16-8-18(22(21)36-38)37(2)24(39)15-4-3-5-19(20(15)16)40-26(29)30/h3-7,9-10,16,18,26H,8,11-12,32H2,1-2H3/t16-,18-,27?,28?/m1/s1/i2D3. The second kappa shape index (κ2) is 8.25. The number of rotatable bonds is 4. The third-order valence-electron chi connectivity index (χ3n) is 8.06. The number of benzene rings is 1. The Balaban J connectivity index is 1.36. The molecule has 1 fully saturated rings. The van der Waals surface area contributed by atoms with Gasteiger partial charge < -0.3 is 15.4 Å². The summed E-state index contributed by atoms with van der Waals surface area (Å²) in [4.78, 5) is 28.1. The molecule has 1 aromatic carbocycles. The van der Waals surface area contributed by atoms with E-state index in [1.807, 2.05) is 6.92 Å². The molecule has 1 amide bonds. The maximum absolute atomic E-state index is 13.6. The summed E-state index contributed by atoms with van der Waals surface area (Å²) in [7, 11) is 0. The number of hydrogen-bond donors (Lipinski definition) is 1. The maximum Gasteiger partial charge on any atom is 0.387 e. The Labute approximate surface area is 231 Å². The zero-order valence-electron chi connectivity index (χ0n) is 24.2. The molecule has 0 unspecified atom stereocenters. The van der Waals surface area contributed by atoms with E-state index in [0.717, 1.165) is 4.90 Å². The lowest BCUT2D eigenvalue weighted by atomic mass is 9.58. The number of nitrogens with two attached hydrogens (primary N) is 1. The predicted molar refractivity (Wildman–Crippen MR) is 137 cm³/mol. The molecule has 4 aromatic rings. The second-order valence-corrected chi connectivity index (χ2v) is 11.0. The molecule has 3 aromatic heterocycles. The van der Waals surface area contributed by atoms with E-state index in [2.05, 4.69) is 21.1 Å². The summed E-state index contributed by atoms with van der Waals surface area (Å²) in [6.45, 7) is -4.10. The number of hydrogen-bond acceptors (Lipinski definition) is 8. The van der Waals surface area contributed by atoms with Gasteiger partial charge in [0.2, 0.25) is 0 Å². The van der Waals surface area contributed by atoms with E-state index in [-0.39, 0.29) is 23.3 Å². The van der Waals surface area contributed by atoms with Crippen molar-refractivity contribution in [3.05, 3.63) is 71.1 Å². The fourth-order valence-corrected chi connectivity index (χ4v) is 6.53. The van der Waals surface area contributed by atoms with Gasteiger partial charge in [0.25, 0.3) is 5.91 Å². The van der Waals surface area contributed by atoms with Gasteiger partial charge in [0, 0.05) is 63.4 Å². The van der Waals surface area contributed by atoms with Crippen LogP contribution in [0.15, 0.2) is 42.9 Å². The van der Waals surface area contributed by atoms with Gasteiger partial charge in [0.05, 0.1) is 23.5 Å². The lowest BCUT2D eigenvalue weighted by Crippen LogP contribution is -2.58. The third-order valence-corrected chi connectivity index (χ3v) is 8.06. The molecule has 1 aliphatic heterocycles. The quantitative estimate of drug-likeness (QED) is 0.410. The van der Waals surface area contributed by atoms with Crippen LogP contribution in [0.3, 0.4) is 0 Å². The van der Waals surface area contributed by atoms with Crippen LogP contribution in [0.2, 0.25) is 0 Å². The predicted octanol–water partition coefficient (Wildman–Crippen LogP) is 3.72. The Morgan fingerprint density at radius 3 is 2.70 bits per heavy atom. The molecule has 40 heavy (non-hydrogen) atoms. The first kappa shape index (κ1) is 21.3. The highest BCUT2D eigenvalue weighted by molar-refractivity contribution is 5.98. The number of nitrogens with zero attached hydrogens (tertiary/aromatic N) is 7. The number of halogens is 2. The maximum atomic E-state index is 13.6. The van der Waals surface area contributed by atoms with E-state index < -0.39 is 42.4 Å². The van der Waals surface area contributed by atoms with Crippen LogP contribution in [0, 0.1) is 11.3 Å². The molecular formula is C28H24F2N8O2. The van der Waals surface area contributed by atoms with Gasteiger partial charge in [0.15, 0.2) is 5.65 Å². The molecule has 202 valence electrons. The lowest BCUT2D eigenvalue weighted by molar-refractivity contribution is -0.0505. The average molecular weight is 546 g/mol. The van der Waals surface area contributed by atoms with Gasteiger partial charge in [-0.1, -0.05) is 6.07 Å². The summed E-state index contributed by atoms with van der Waals surface area (Å²) in [5, 5.41) is 14.4. The highest BCUT2D eigenvalue weighted by Gasteiger charge is 2.53. The summed E-state index contributed by atoms with van der Waals surface area (Å²) in [6, 6.07) is 7.18. The Morgan fingerprint density at radius 1 is 1.25 bits per heavy atom. The van der Waals surface area contributed by atoms with Crippen molar-refractivity contribution >= 4 is 11.6 Å². The van der Waals surface area contributed by atoms with Gasteiger partial charge >= 0.3 is 6.61 Å². The molecule has 3 aliphatic rings. The van der Waals surface area contributed by atoms with Crippen LogP contribution in [0.1, 0.15) is 75.3 Å². The van der Waals surface area contributed by atoms with Crippen molar-refractivity contribution in [2.45, 2.75) is 55.7 Å². The zero-order valence-corrected chi connectivity index (χ0v) is 21.2. The summed E-state index contributed by atoms with van der Waals surface area (Å²) in [5.41, 5.74) is 7.25. The minimum atomic E-state index is -3.16. The molecule has 2 bridgehead atoms. The molecule has 2 N–H and O–H groups in total. The molecule has 1 saturated carbocycles. The SMILES string of the molecule is [2H]C([2H])([2H])N1C(=O)c2cccc(OC(F)F)c2[C@H]2C[C@@H]1c1nn3ccc(-c4cnc(C5(C#N)CC(C)(N)C5)nc4)nc3c12. The number of fused-ring (bicyclic) bond motifs is 9. The highest BCUT2D eigenvalue weighted by Crippen LogP contribution is 2.53. The molecule has 0 saturated heterocycles.